The van der Waals surface area contributed by atoms with Crippen LogP contribution < -0.4 is 5.32 Å². The fourth-order valence-electron chi connectivity index (χ4n) is 2.77. The maximum Gasteiger partial charge on any atom is 0.241 e. The Morgan fingerprint density at radius 2 is 2.00 bits per heavy atom. The van der Waals surface area contributed by atoms with E-state index in [9.17, 15) is 9.18 Å². The predicted molar refractivity (Wildman–Crippen MR) is 70.8 cm³/mol. The molecule has 1 heterocycles. The van der Waals surface area contributed by atoms with E-state index >= 15 is 0 Å². The van der Waals surface area contributed by atoms with E-state index in [0.29, 0.717) is 5.56 Å². The third-order valence-corrected chi connectivity index (χ3v) is 3.94. The molecule has 1 amide bonds. The van der Waals surface area contributed by atoms with Gasteiger partial charge in [0.05, 0.1) is 6.04 Å². The van der Waals surface area contributed by atoms with Crippen molar-refractivity contribution in [3.05, 3.63) is 35.6 Å². The van der Waals surface area contributed by atoms with Crippen LogP contribution in [0.1, 0.15) is 38.4 Å². The molecule has 1 aliphatic carbocycles. The zero-order valence-electron chi connectivity index (χ0n) is 11.3. The number of benzene rings is 1. The van der Waals surface area contributed by atoms with Gasteiger partial charge in [0.25, 0.3) is 0 Å². The number of nitrogens with zero attached hydrogens (tertiary/aromatic N) is 1. The smallest absolute Gasteiger partial charge is 0.241 e. The van der Waals surface area contributed by atoms with E-state index in [-0.39, 0.29) is 35.9 Å². The highest BCUT2D eigenvalue weighted by atomic mass is 19.1. The van der Waals surface area contributed by atoms with E-state index in [0.717, 1.165) is 12.8 Å². The summed E-state index contributed by atoms with van der Waals surface area (Å²) in [4.78, 5) is 14.3. The lowest BCUT2D eigenvalue weighted by Gasteiger charge is -2.24. The SMILES string of the molecule is CC(C)C1NC(c2ccccc2F)N(C2CC2)C1=O. The van der Waals surface area contributed by atoms with E-state index in [1.807, 2.05) is 24.8 Å². The van der Waals surface area contributed by atoms with Gasteiger partial charge in [-0.15, -0.1) is 0 Å². The first-order valence-electron chi connectivity index (χ1n) is 6.92. The molecular formula is C15H19FN2O. The first-order valence-corrected chi connectivity index (χ1v) is 6.92. The highest BCUT2D eigenvalue weighted by Gasteiger charge is 2.47. The van der Waals surface area contributed by atoms with E-state index in [2.05, 4.69) is 5.32 Å². The molecule has 1 aromatic rings. The number of halogens is 1. The zero-order chi connectivity index (χ0) is 13.6. The topological polar surface area (TPSA) is 32.3 Å². The van der Waals surface area contributed by atoms with Gasteiger partial charge in [0.15, 0.2) is 0 Å². The van der Waals surface area contributed by atoms with Crippen LogP contribution in [0.5, 0.6) is 0 Å². The summed E-state index contributed by atoms with van der Waals surface area (Å²) >= 11 is 0. The van der Waals surface area contributed by atoms with Crippen molar-refractivity contribution in [1.82, 2.24) is 10.2 Å². The lowest BCUT2D eigenvalue weighted by atomic mass is 10.1. The monoisotopic (exact) mass is 262 g/mol. The number of carbonyl (C=O) groups excluding carboxylic acids is 1. The van der Waals surface area contributed by atoms with Crippen LogP contribution in [0.15, 0.2) is 24.3 Å². The molecule has 0 aromatic heterocycles. The van der Waals surface area contributed by atoms with Gasteiger partial charge in [-0.2, -0.15) is 0 Å². The van der Waals surface area contributed by atoms with Crippen molar-refractivity contribution in [3.8, 4) is 0 Å². The summed E-state index contributed by atoms with van der Waals surface area (Å²) in [5.74, 6) is 0.0825. The molecule has 19 heavy (non-hydrogen) atoms. The number of nitrogens with one attached hydrogen (secondary N) is 1. The number of hydrogen-bond acceptors (Lipinski definition) is 2. The van der Waals surface area contributed by atoms with Gasteiger partial charge in [0.1, 0.15) is 12.0 Å². The van der Waals surface area contributed by atoms with E-state index < -0.39 is 0 Å². The van der Waals surface area contributed by atoms with Gasteiger partial charge in [0, 0.05) is 11.6 Å². The Bertz CT molecular complexity index is 499. The average Bonchev–Trinajstić information content (AvgIpc) is 3.14. The second-order valence-corrected chi connectivity index (χ2v) is 5.79. The van der Waals surface area contributed by atoms with Gasteiger partial charge in [-0.1, -0.05) is 32.0 Å². The van der Waals surface area contributed by atoms with Crippen LogP contribution in [0.25, 0.3) is 0 Å². The van der Waals surface area contributed by atoms with Crippen molar-refractivity contribution in [2.75, 3.05) is 0 Å². The Morgan fingerprint density at radius 3 is 2.58 bits per heavy atom. The zero-order valence-corrected chi connectivity index (χ0v) is 11.3. The van der Waals surface area contributed by atoms with Gasteiger partial charge in [-0.25, -0.2) is 4.39 Å². The van der Waals surface area contributed by atoms with Crippen LogP contribution in [-0.4, -0.2) is 22.9 Å². The van der Waals surface area contributed by atoms with Crippen LogP contribution >= 0.6 is 0 Å². The molecule has 2 aliphatic rings. The summed E-state index contributed by atoms with van der Waals surface area (Å²) in [6, 6.07) is 6.79. The third kappa shape index (κ3) is 2.14. The molecule has 0 spiro atoms. The lowest BCUT2D eigenvalue weighted by molar-refractivity contribution is -0.131. The Hall–Kier alpha value is -1.42. The largest absolute Gasteiger partial charge is 0.318 e. The van der Waals surface area contributed by atoms with Crippen molar-refractivity contribution >= 4 is 5.91 Å². The minimum atomic E-state index is -0.311. The minimum absolute atomic E-state index is 0.116. The van der Waals surface area contributed by atoms with Crippen molar-refractivity contribution < 1.29 is 9.18 Å². The van der Waals surface area contributed by atoms with Crippen LogP contribution in [0.2, 0.25) is 0 Å². The highest BCUT2D eigenvalue weighted by molar-refractivity contribution is 5.85. The molecule has 3 nitrogen and oxygen atoms in total. The van der Waals surface area contributed by atoms with Crippen LogP contribution in [0.4, 0.5) is 4.39 Å². The van der Waals surface area contributed by atoms with Gasteiger partial charge < -0.3 is 4.90 Å². The Morgan fingerprint density at radius 1 is 1.32 bits per heavy atom. The second kappa shape index (κ2) is 4.60. The van der Waals surface area contributed by atoms with Gasteiger partial charge in [-0.05, 0) is 24.8 Å². The molecule has 3 rings (SSSR count). The van der Waals surface area contributed by atoms with Gasteiger partial charge >= 0.3 is 0 Å². The summed E-state index contributed by atoms with van der Waals surface area (Å²) in [6.07, 6.45) is 1.75. The molecule has 2 atom stereocenters. The first kappa shape index (κ1) is 12.6. The van der Waals surface area contributed by atoms with E-state index in [1.54, 1.807) is 12.1 Å². The van der Waals surface area contributed by atoms with Gasteiger partial charge in [-0.3, -0.25) is 10.1 Å². The van der Waals surface area contributed by atoms with Crippen LogP contribution in [-0.2, 0) is 4.79 Å². The molecule has 2 fully saturated rings. The Balaban J connectivity index is 1.95. The van der Waals surface area contributed by atoms with Gasteiger partial charge in [0.2, 0.25) is 5.91 Å². The first-order chi connectivity index (χ1) is 9.09. The standard InChI is InChI=1S/C15H19FN2O/c1-9(2)13-15(19)18(10-7-8-10)14(17-13)11-5-3-4-6-12(11)16/h3-6,9-10,13-14,17H,7-8H2,1-2H3. The average molecular weight is 262 g/mol. The maximum absolute atomic E-state index is 14.0. The third-order valence-electron chi connectivity index (χ3n) is 3.94. The molecule has 0 radical (unpaired) electrons. The number of amides is 1. The molecule has 2 unspecified atom stereocenters. The molecule has 1 saturated heterocycles. The Labute approximate surface area is 112 Å². The fraction of sp³-hybridized carbons (Fsp3) is 0.533. The van der Waals surface area contributed by atoms with Crippen LogP contribution in [0, 0.1) is 11.7 Å². The normalized spacial score (nSPS) is 27.4. The van der Waals surface area contributed by atoms with Crippen LogP contribution in [0.3, 0.4) is 0 Å². The molecule has 1 N–H and O–H groups in total. The summed E-state index contributed by atoms with van der Waals surface area (Å²) in [5, 5.41) is 3.31. The van der Waals surface area contributed by atoms with Crippen molar-refractivity contribution in [2.45, 2.75) is 44.9 Å². The highest BCUT2D eigenvalue weighted by Crippen LogP contribution is 2.38. The molecule has 102 valence electrons. The lowest BCUT2D eigenvalue weighted by Crippen LogP contribution is -2.35. The van der Waals surface area contributed by atoms with Crippen molar-refractivity contribution in [3.63, 3.8) is 0 Å². The summed E-state index contributed by atoms with van der Waals surface area (Å²) in [5.41, 5.74) is 0.575. The molecule has 1 saturated carbocycles. The molecule has 4 heteroatoms. The predicted octanol–water partition coefficient (Wildman–Crippen LogP) is 2.44. The molecule has 1 aromatic carbocycles. The summed E-state index contributed by atoms with van der Waals surface area (Å²) in [6.45, 7) is 4.04. The number of carbonyl (C=O) groups is 1. The quantitative estimate of drug-likeness (QED) is 0.907. The molecular weight excluding hydrogens is 243 g/mol. The summed E-state index contributed by atoms with van der Waals surface area (Å²) < 4.78 is 14.0. The Kier molecular flexibility index (Phi) is 3.05. The van der Waals surface area contributed by atoms with Crippen molar-refractivity contribution in [2.24, 2.45) is 5.92 Å². The maximum atomic E-state index is 14.0. The van der Waals surface area contributed by atoms with Crippen molar-refractivity contribution in [1.29, 1.82) is 0 Å². The summed E-state index contributed by atoms with van der Waals surface area (Å²) in [7, 11) is 0. The van der Waals surface area contributed by atoms with E-state index in [1.165, 1.54) is 6.07 Å². The number of hydrogen-bond donors (Lipinski definition) is 1. The second-order valence-electron chi connectivity index (χ2n) is 5.79. The molecule has 0 bridgehead atoms. The number of rotatable bonds is 3. The van der Waals surface area contributed by atoms with E-state index in [4.69, 9.17) is 0 Å². The fourth-order valence-corrected chi connectivity index (χ4v) is 2.77. The minimum Gasteiger partial charge on any atom is -0.318 e. The molecule has 1 aliphatic heterocycles.